The highest BCUT2D eigenvalue weighted by Crippen LogP contribution is 2.32. The normalized spacial score (nSPS) is 10.9. The molecule has 7 heteroatoms. The zero-order valence-corrected chi connectivity index (χ0v) is 13.4. The van der Waals surface area contributed by atoms with E-state index in [1.165, 1.54) is 12.1 Å². The van der Waals surface area contributed by atoms with Crippen LogP contribution < -0.4 is 15.2 Å². The lowest BCUT2D eigenvalue weighted by atomic mass is 9.99. The van der Waals surface area contributed by atoms with Gasteiger partial charge < -0.3 is 15.2 Å². The Kier molecular flexibility index (Phi) is 6.29. The SMILES string of the molecule is COc1c(C)cc(-c2ccc(OC(F)(F)F)cc2)cc1CN.Cl. The smallest absolute Gasteiger partial charge is 0.496 e. The Bertz CT molecular complexity index is 658. The van der Waals surface area contributed by atoms with Gasteiger partial charge in [0.2, 0.25) is 0 Å². The number of methoxy groups -OCH3 is 1. The maximum absolute atomic E-state index is 12.1. The fourth-order valence-corrected chi connectivity index (χ4v) is 2.31. The van der Waals surface area contributed by atoms with Gasteiger partial charge in [-0.3, -0.25) is 0 Å². The largest absolute Gasteiger partial charge is 0.573 e. The van der Waals surface area contributed by atoms with E-state index < -0.39 is 6.36 Å². The third-order valence-electron chi connectivity index (χ3n) is 3.20. The molecule has 0 saturated carbocycles. The van der Waals surface area contributed by atoms with Crippen LogP contribution in [-0.4, -0.2) is 13.5 Å². The number of hydrogen-bond donors (Lipinski definition) is 1. The van der Waals surface area contributed by atoms with Gasteiger partial charge in [-0.25, -0.2) is 0 Å². The van der Waals surface area contributed by atoms with E-state index in [0.29, 0.717) is 6.54 Å². The lowest BCUT2D eigenvalue weighted by molar-refractivity contribution is -0.274. The average molecular weight is 348 g/mol. The first-order chi connectivity index (χ1) is 10.3. The molecule has 0 heterocycles. The molecule has 2 aromatic rings. The summed E-state index contributed by atoms with van der Waals surface area (Å²) in [6.45, 7) is 2.20. The molecule has 0 amide bonds. The van der Waals surface area contributed by atoms with Crippen LogP contribution in [0.3, 0.4) is 0 Å². The first-order valence-corrected chi connectivity index (χ1v) is 6.58. The van der Waals surface area contributed by atoms with Gasteiger partial charge in [0, 0.05) is 12.1 Å². The van der Waals surface area contributed by atoms with Gasteiger partial charge in [-0.05, 0) is 47.9 Å². The number of benzene rings is 2. The Morgan fingerprint density at radius 1 is 1.04 bits per heavy atom. The molecule has 0 aromatic heterocycles. The predicted octanol–water partition coefficient (Wildman–Crippen LogP) is 4.45. The number of nitrogens with two attached hydrogens (primary N) is 1. The number of rotatable bonds is 4. The van der Waals surface area contributed by atoms with Crippen molar-refractivity contribution in [2.75, 3.05) is 7.11 Å². The summed E-state index contributed by atoms with van der Waals surface area (Å²) < 4.78 is 45.6. The quantitative estimate of drug-likeness (QED) is 0.888. The molecular weight excluding hydrogens is 331 g/mol. The third kappa shape index (κ3) is 4.77. The summed E-state index contributed by atoms with van der Waals surface area (Å²) in [4.78, 5) is 0. The molecule has 3 nitrogen and oxygen atoms in total. The van der Waals surface area contributed by atoms with E-state index >= 15 is 0 Å². The van der Waals surface area contributed by atoms with E-state index in [1.54, 1.807) is 19.2 Å². The highest BCUT2D eigenvalue weighted by molar-refractivity contribution is 5.85. The molecule has 0 bridgehead atoms. The van der Waals surface area contributed by atoms with Crippen molar-refractivity contribution in [2.45, 2.75) is 19.8 Å². The molecule has 126 valence electrons. The molecule has 2 aromatic carbocycles. The van der Waals surface area contributed by atoms with Crippen LogP contribution in [0.1, 0.15) is 11.1 Å². The second-order valence-electron chi connectivity index (χ2n) is 4.76. The van der Waals surface area contributed by atoms with E-state index in [-0.39, 0.29) is 18.2 Å². The summed E-state index contributed by atoms with van der Waals surface area (Å²) in [5.41, 5.74) is 9.10. The van der Waals surface area contributed by atoms with Crippen molar-refractivity contribution in [3.63, 3.8) is 0 Å². The van der Waals surface area contributed by atoms with Gasteiger partial charge in [0.15, 0.2) is 0 Å². The lowest BCUT2D eigenvalue weighted by Crippen LogP contribution is -2.16. The molecule has 2 rings (SSSR count). The summed E-state index contributed by atoms with van der Waals surface area (Å²) in [5, 5.41) is 0. The summed E-state index contributed by atoms with van der Waals surface area (Å²) in [7, 11) is 1.57. The fraction of sp³-hybridized carbons (Fsp3) is 0.250. The highest BCUT2D eigenvalue weighted by atomic mass is 35.5. The number of aryl methyl sites for hydroxylation is 1. The Balaban J connectivity index is 0.00000264. The number of alkyl halides is 3. The minimum Gasteiger partial charge on any atom is -0.496 e. The molecule has 0 aliphatic carbocycles. The number of hydrogen-bond acceptors (Lipinski definition) is 3. The minimum absolute atomic E-state index is 0. The molecule has 0 atom stereocenters. The summed E-state index contributed by atoms with van der Waals surface area (Å²) >= 11 is 0. The molecule has 0 saturated heterocycles. The van der Waals surface area contributed by atoms with Gasteiger partial charge in [0.25, 0.3) is 0 Å². The van der Waals surface area contributed by atoms with E-state index in [1.807, 2.05) is 19.1 Å². The van der Waals surface area contributed by atoms with Crippen LogP contribution >= 0.6 is 12.4 Å². The lowest BCUT2D eigenvalue weighted by Gasteiger charge is -2.14. The van der Waals surface area contributed by atoms with Gasteiger partial charge in [-0.2, -0.15) is 0 Å². The topological polar surface area (TPSA) is 44.5 Å². The summed E-state index contributed by atoms with van der Waals surface area (Å²) in [5.74, 6) is 0.476. The Morgan fingerprint density at radius 2 is 1.65 bits per heavy atom. The monoisotopic (exact) mass is 347 g/mol. The molecule has 0 spiro atoms. The molecule has 0 aliphatic heterocycles. The van der Waals surface area contributed by atoms with Crippen molar-refractivity contribution in [3.05, 3.63) is 47.5 Å². The van der Waals surface area contributed by atoms with Crippen molar-refractivity contribution < 1.29 is 22.6 Å². The van der Waals surface area contributed by atoms with Crippen LogP contribution in [0.4, 0.5) is 13.2 Å². The van der Waals surface area contributed by atoms with Crippen molar-refractivity contribution >= 4 is 12.4 Å². The van der Waals surface area contributed by atoms with E-state index in [4.69, 9.17) is 10.5 Å². The summed E-state index contributed by atoms with van der Waals surface area (Å²) in [6, 6.07) is 9.48. The van der Waals surface area contributed by atoms with Gasteiger partial charge in [-0.1, -0.05) is 12.1 Å². The first-order valence-electron chi connectivity index (χ1n) is 6.58. The first kappa shape index (κ1) is 19.1. The standard InChI is InChI=1S/C16H16F3NO2.ClH/c1-10-7-12(8-13(9-20)15(10)21-2)11-3-5-14(6-4-11)22-16(17,18)19;/h3-8H,9,20H2,1-2H3;1H. The van der Waals surface area contributed by atoms with Gasteiger partial charge in [0.1, 0.15) is 11.5 Å². The average Bonchev–Trinajstić information content (AvgIpc) is 2.45. The number of halogens is 4. The van der Waals surface area contributed by atoms with Crippen molar-refractivity contribution in [1.82, 2.24) is 0 Å². The summed E-state index contributed by atoms with van der Waals surface area (Å²) in [6.07, 6.45) is -4.69. The van der Waals surface area contributed by atoms with E-state index in [0.717, 1.165) is 28.0 Å². The fourth-order valence-electron chi connectivity index (χ4n) is 2.31. The van der Waals surface area contributed by atoms with Gasteiger partial charge in [-0.15, -0.1) is 25.6 Å². The second-order valence-corrected chi connectivity index (χ2v) is 4.76. The molecule has 0 aliphatic rings. The Labute approximate surface area is 138 Å². The van der Waals surface area contributed by atoms with Crippen molar-refractivity contribution in [3.8, 4) is 22.6 Å². The van der Waals surface area contributed by atoms with Crippen LogP contribution in [0.5, 0.6) is 11.5 Å². The van der Waals surface area contributed by atoms with Crippen LogP contribution in [0, 0.1) is 6.92 Å². The molecular formula is C16H17ClF3NO2. The van der Waals surface area contributed by atoms with Gasteiger partial charge in [0.05, 0.1) is 7.11 Å². The van der Waals surface area contributed by atoms with Crippen molar-refractivity contribution in [2.24, 2.45) is 5.73 Å². The van der Waals surface area contributed by atoms with Crippen LogP contribution in [0.15, 0.2) is 36.4 Å². The number of ether oxygens (including phenoxy) is 2. The van der Waals surface area contributed by atoms with E-state index in [9.17, 15) is 13.2 Å². The predicted molar refractivity (Wildman–Crippen MR) is 85.0 cm³/mol. The maximum Gasteiger partial charge on any atom is 0.573 e. The molecule has 23 heavy (non-hydrogen) atoms. The maximum atomic E-state index is 12.1. The molecule has 0 radical (unpaired) electrons. The van der Waals surface area contributed by atoms with Crippen LogP contribution in [0.2, 0.25) is 0 Å². The van der Waals surface area contributed by atoms with Gasteiger partial charge >= 0.3 is 6.36 Å². The Morgan fingerprint density at radius 3 is 2.13 bits per heavy atom. The van der Waals surface area contributed by atoms with Crippen LogP contribution in [0.25, 0.3) is 11.1 Å². The molecule has 0 unspecified atom stereocenters. The van der Waals surface area contributed by atoms with Crippen molar-refractivity contribution in [1.29, 1.82) is 0 Å². The molecule has 2 N–H and O–H groups in total. The van der Waals surface area contributed by atoms with E-state index in [2.05, 4.69) is 4.74 Å². The zero-order chi connectivity index (χ0) is 16.3. The van der Waals surface area contributed by atoms with Crippen LogP contribution in [-0.2, 0) is 6.54 Å². The highest BCUT2D eigenvalue weighted by Gasteiger charge is 2.30. The Hall–Kier alpha value is -1.92. The second kappa shape index (κ2) is 7.57. The zero-order valence-electron chi connectivity index (χ0n) is 12.6. The minimum atomic E-state index is -4.69. The molecule has 0 fully saturated rings. The third-order valence-corrected chi connectivity index (χ3v) is 3.20.